The minimum absolute atomic E-state index is 0.377. The van der Waals surface area contributed by atoms with Gasteiger partial charge in [-0.25, -0.2) is 4.98 Å². The second kappa shape index (κ2) is 5.93. The van der Waals surface area contributed by atoms with Crippen LogP contribution in [0.4, 0.5) is 5.69 Å². The first-order valence-corrected chi connectivity index (χ1v) is 8.85. The van der Waals surface area contributed by atoms with Crippen LogP contribution >= 0.6 is 11.3 Å². The van der Waals surface area contributed by atoms with Crippen molar-refractivity contribution in [2.75, 3.05) is 5.73 Å². The fourth-order valence-electron chi connectivity index (χ4n) is 2.89. The lowest BCUT2D eigenvalue weighted by molar-refractivity contribution is 0.584. The van der Waals surface area contributed by atoms with Crippen molar-refractivity contribution in [2.45, 2.75) is 27.2 Å². The van der Waals surface area contributed by atoms with Crippen molar-refractivity contribution in [2.24, 2.45) is 0 Å². The minimum atomic E-state index is 0.377. The molecule has 0 aromatic carbocycles. The van der Waals surface area contributed by atoms with Gasteiger partial charge in [-0.15, -0.1) is 21.5 Å². The number of anilines is 1. The first-order chi connectivity index (χ1) is 12.1. The van der Waals surface area contributed by atoms with Crippen LogP contribution in [0.3, 0.4) is 0 Å². The van der Waals surface area contributed by atoms with E-state index in [0.717, 1.165) is 32.8 Å². The van der Waals surface area contributed by atoms with Crippen LogP contribution in [0.2, 0.25) is 0 Å². The largest absolute Gasteiger partial charge is 0.414 e. The van der Waals surface area contributed by atoms with Crippen molar-refractivity contribution in [3.05, 3.63) is 41.2 Å². The average Bonchev–Trinajstić information content (AvgIpc) is 3.24. The van der Waals surface area contributed by atoms with Crippen molar-refractivity contribution in [3.63, 3.8) is 0 Å². The summed E-state index contributed by atoms with van der Waals surface area (Å²) < 4.78 is 5.81. The number of nitrogen functional groups attached to an aromatic ring is 1. The fraction of sp³-hybridized carbons (Fsp3) is 0.222. The Labute approximate surface area is 148 Å². The summed E-state index contributed by atoms with van der Waals surface area (Å²) in [6, 6.07) is 5.54. The van der Waals surface area contributed by atoms with Crippen molar-refractivity contribution >= 4 is 27.2 Å². The van der Waals surface area contributed by atoms with E-state index in [4.69, 9.17) is 15.1 Å². The molecule has 0 bridgehead atoms. The molecule has 4 aromatic heterocycles. The summed E-state index contributed by atoms with van der Waals surface area (Å²) in [5.41, 5.74) is 11.1. The van der Waals surface area contributed by atoms with Gasteiger partial charge in [-0.1, -0.05) is 13.0 Å². The maximum absolute atomic E-state index is 6.41. The molecule has 0 unspecified atom stereocenters. The predicted molar refractivity (Wildman–Crippen MR) is 99.4 cm³/mol. The quantitative estimate of drug-likeness (QED) is 0.596. The van der Waals surface area contributed by atoms with Crippen molar-refractivity contribution in [1.29, 1.82) is 0 Å². The number of hydrogen-bond acceptors (Lipinski definition) is 7. The van der Waals surface area contributed by atoms with E-state index < -0.39 is 0 Å². The molecule has 0 aliphatic heterocycles. The third-order valence-electron chi connectivity index (χ3n) is 4.37. The second-order valence-electron chi connectivity index (χ2n) is 5.81. The van der Waals surface area contributed by atoms with Crippen molar-refractivity contribution in [1.82, 2.24) is 20.2 Å². The molecule has 0 amide bonds. The van der Waals surface area contributed by atoms with Gasteiger partial charge in [0.1, 0.15) is 15.4 Å². The topological polar surface area (TPSA) is 90.7 Å². The molecule has 4 rings (SSSR count). The number of thiophene rings is 1. The molecule has 0 saturated heterocycles. The Morgan fingerprint density at radius 1 is 1.12 bits per heavy atom. The summed E-state index contributed by atoms with van der Waals surface area (Å²) in [5.74, 6) is 0.777. The van der Waals surface area contributed by atoms with E-state index in [1.54, 1.807) is 6.20 Å². The Kier molecular flexibility index (Phi) is 3.73. The molecule has 0 aliphatic rings. The van der Waals surface area contributed by atoms with E-state index in [0.29, 0.717) is 23.2 Å². The minimum Gasteiger partial charge on any atom is -0.414 e. The number of aromatic nitrogens is 4. The maximum atomic E-state index is 6.41. The van der Waals surface area contributed by atoms with Gasteiger partial charge in [0.15, 0.2) is 0 Å². The van der Waals surface area contributed by atoms with Gasteiger partial charge in [0, 0.05) is 17.3 Å². The van der Waals surface area contributed by atoms with Gasteiger partial charge in [-0.05, 0) is 43.5 Å². The summed E-state index contributed by atoms with van der Waals surface area (Å²) in [7, 11) is 0. The van der Waals surface area contributed by atoms with Crippen LogP contribution in [0.1, 0.15) is 23.7 Å². The van der Waals surface area contributed by atoms with Crippen LogP contribution in [-0.4, -0.2) is 20.2 Å². The van der Waals surface area contributed by atoms with E-state index in [-0.39, 0.29) is 0 Å². The number of fused-ring (bicyclic) bond motifs is 1. The number of nitrogens with two attached hydrogens (primary N) is 1. The van der Waals surface area contributed by atoms with Gasteiger partial charge in [0.25, 0.3) is 11.8 Å². The second-order valence-corrected chi connectivity index (χ2v) is 6.81. The Morgan fingerprint density at radius 2 is 1.92 bits per heavy atom. The Hall–Kier alpha value is -2.80. The maximum Gasteiger partial charge on any atom is 0.266 e. The molecule has 0 radical (unpaired) electrons. The standard InChI is InChI=1S/C18H17N5OS/c1-4-11-9(2)10(3)13-14(19)15(25-18(13)21-11)17-23-22-16(24-17)12-7-5-6-8-20-12/h5-8H,4,19H2,1-3H3. The van der Waals surface area contributed by atoms with E-state index >= 15 is 0 Å². The molecule has 126 valence electrons. The third kappa shape index (κ3) is 2.47. The summed E-state index contributed by atoms with van der Waals surface area (Å²) in [5, 5.41) is 9.24. The zero-order chi connectivity index (χ0) is 17.6. The summed E-state index contributed by atoms with van der Waals surface area (Å²) in [4.78, 5) is 10.7. The lowest BCUT2D eigenvalue weighted by Gasteiger charge is -2.07. The molecule has 0 saturated carbocycles. The zero-order valence-electron chi connectivity index (χ0n) is 14.2. The van der Waals surface area contributed by atoms with E-state index in [1.165, 1.54) is 16.9 Å². The van der Waals surface area contributed by atoms with Crippen molar-refractivity contribution in [3.8, 4) is 22.4 Å². The van der Waals surface area contributed by atoms with E-state index in [1.807, 2.05) is 18.2 Å². The molecule has 0 atom stereocenters. The van der Waals surface area contributed by atoms with Crippen molar-refractivity contribution < 1.29 is 4.42 Å². The fourth-order valence-corrected chi connectivity index (χ4v) is 3.99. The molecule has 2 N–H and O–H groups in total. The molecular formula is C18H17N5OS. The smallest absolute Gasteiger partial charge is 0.266 e. The van der Waals surface area contributed by atoms with Gasteiger partial charge in [-0.3, -0.25) is 4.98 Å². The summed E-state index contributed by atoms with van der Waals surface area (Å²) in [6.45, 7) is 6.28. The Balaban J connectivity index is 1.87. The highest BCUT2D eigenvalue weighted by Gasteiger charge is 2.21. The first-order valence-electron chi connectivity index (χ1n) is 8.03. The molecule has 0 aliphatic carbocycles. The lowest BCUT2D eigenvalue weighted by Crippen LogP contribution is -1.96. The zero-order valence-corrected chi connectivity index (χ0v) is 15.0. The molecule has 7 heteroatoms. The highest BCUT2D eigenvalue weighted by molar-refractivity contribution is 7.22. The predicted octanol–water partition coefficient (Wildman–Crippen LogP) is 4.17. The molecule has 25 heavy (non-hydrogen) atoms. The van der Waals surface area contributed by atoms with E-state index in [9.17, 15) is 0 Å². The van der Waals surface area contributed by atoms with Crippen LogP contribution in [0.5, 0.6) is 0 Å². The van der Waals surface area contributed by atoms with Gasteiger partial charge in [0.2, 0.25) is 0 Å². The average molecular weight is 351 g/mol. The molecule has 4 aromatic rings. The summed E-state index contributed by atoms with van der Waals surface area (Å²) >= 11 is 1.49. The SMILES string of the molecule is CCc1nc2sc(-c3nnc(-c4ccccn4)o3)c(N)c2c(C)c1C. The molecule has 0 fully saturated rings. The van der Waals surface area contributed by atoms with Gasteiger partial charge < -0.3 is 10.2 Å². The first kappa shape index (κ1) is 15.7. The Morgan fingerprint density at radius 3 is 2.64 bits per heavy atom. The van der Waals surface area contributed by atoms with Crippen LogP contribution < -0.4 is 5.73 Å². The van der Waals surface area contributed by atoms with Gasteiger partial charge >= 0.3 is 0 Å². The monoisotopic (exact) mass is 351 g/mol. The van der Waals surface area contributed by atoms with Gasteiger partial charge in [0.05, 0.1) is 5.69 Å². The lowest BCUT2D eigenvalue weighted by atomic mass is 10.0. The summed E-state index contributed by atoms with van der Waals surface area (Å²) in [6.07, 6.45) is 2.58. The molecule has 4 heterocycles. The highest BCUT2D eigenvalue weighted by atomic mass is 32.1. The van der Waals surface area contributed by atoms with Crippen LogP contribution in [0.15, 0.2) is 28.8 Å². The van der Waals surface area contributed by atoms with E-state index in [2.05, 4.69) is 36.0 Å². The number of hydrogen-bond donors (Lipinski definition) is 1. The number of nitrogens with zero attached hydrogens (tertiary/aromatic N) is 4. The molecular weight excluding hydrogens is 334 g/mol. The van der Waals surface area contributed by atoms with Gasteiger partial charge in [-0.2, -0.15) is 0 Å². The molecule has 0 spiro atoms. The van der Waals surface area contributed by atoms with Crippen LogP contribution in [0.25, 0.3) is 32.6 Å². The number of aryl methyl sites for hydroxylation is 2. The normalized spacial score (nSPS) is 11.3. The molecule has 6 nitrogen and oxygen atoms in total. The third-order valence-corrected chi connectivity index (χ3v) is 5.46. The highest BCUT2D eigenvalue weighted by Crippen LogP contribution is 2.42. The number of pyridine rings is 2. The number of rotatable bonds is 3. The Bertz CT molecular complexity index is 1070. The van der Waals surface area contributed by atoms with Crippen LogP contribution in [-0.2, 0) is 6.42 Å². The van der Waals surface area contributed by atoms with Crippen LogP contribution in [0, 0.1) is 13.8 Å².